The zero-order valence-electron chi connectivity index (χ0n) is 33.8. The summed E-state index contributed by atoms with van der Waals surface area (Å²) in [5, 5.41) is 16.2. The minimum atomic E-state index is -0.919. The summed E-state index contributed by atoms with van der Waals surface area (Å²) >= 11 is 1.57. The average molecular weight is 807 g/mol. The van der Waals surface area contributed by atoms with Crippen molar-refractivity contribution in [2.75, 3.05) is 79.2 Å². The number of rotatable bonds is 26. The first-order chi connectivity index (χ1) is 26.8. The molecule has 16 heteroatoms. The second kappa shape index (κ2) is 25.0. The molecule has 1 saturated heterocycles. The number of thiazole rings is 1. The average Bonchev–Trinajstić information content (AvgIpc) is 3.77. The molecule has 2 heterocycles. The Kier molecular flexibility index (Phi) is 20.9. The normalized spacial score (nSPS) is 16.2. The lowest BCUT2D eigenvalue weighted by Gasteiger charge is -2.35. The quantitative estimate of drug-likeness (QED) is 0.0934. The molecule has 0 bridgehead atoms. The van der Waals surface area contributed by atoms with Gasteiger partial charge in [-0.05, 0) is 29.4 Å². The topological polar surface area (TPSA) is 184 Å². The number of aliphatic hydroxyl groups is 1. The summed E-state index contributed by atoms with van der Waals surface area (Å²) in [6.07, 6.45) is -0.488. The van der Waals surface area contributed by atoms with E-state index in [9.17, 15) is 24.3 Å². The number of aliphatic hydroxyl groups excluding tert-OH is 1. The number of benzene rings is 1. The van der Waals surface area contributed by atoms with Gasteiger partial charge in [-0.2, -0.15) is 0 Å². The number of carbonyl (C=O) groups excluding carboxylic acids is 4. The maximum Gasteiger partial charge on any atom is 0.308 e. The van der Waals surface area contributed by atoms with Crippen LogP contribution >= 0.6 is 11.3 Å². The van der Waals surface area contributed by atoms with Crippen LogP contribution in [-0.2, 0) is 54.1 Å². The van der Waals surface area contributed by atoms with Gasteiger partial charge in [0, 0.05) is 25.9 Å². The second-order valence-corrected chi connectivity index (χ2v) is 15.9. The molecule has 0 unspecified atom stereocenters. The molecule has 2 aromatic rings. The molecule has 3 amide bonds. The highest BCUT2D eigenvalue weighted by Gasteiger charge is 2.44. The van der Waals surface area contributed by atoms with Crippen molar-refractivity contribution in [2.24, 2.45) is 11.3 Å². The number of aromatic nitrogens is 1. The maximum absolute atomic E-state index is 13.8. The standard InChI is InChI=1S/C40H62N4O11S/c1-28(2)26-55-35(47)12-14-51-16-18-53-20-22-54-21-19-52-17-15-50-13-11-34(46)43-37(40(4,5)6)39(49)44-25-32(45)23-33(44)38(48)41-24-30-7-9-31(10-8-30)36-29(3)42-27-56-36/h7-10,27-28,32-33,37,45H,11-26H2,1-6H3,(H,41,48)(H,43,46)/t32-,33+,37-/m1/s1. The number of ether oxygens (including phenoxy) is 6. The summed E-state index contributed by atoms with van der Waals surface area (Å²) in [5.41, 5.74) is 4.07. The van der Waals surface area contributed by atoms with Crippen LogP contribution in [0.2, 0.25) is 0 Å². The lowest BCUT2D eigenvalue weighted by molar-refractivity contribution is -0.146. The van der Waals surface area contributed by atoms with E-state index in [2.05, 4.69) is 15.6 Å². The third kappa shape index (κ3) is 17.3. The molecule has 3 N–H and O–H groups in total. The molecule has 3 atom stereocenters. The van der Waals surface area contributed by atoms with Crippen molar-refractivity contribution in [1.82, 2.24) is 20.5 Å². The molecule has 1 fully saturated rings. The van der Waals surface area contributed by atoms with Crippen molar-refractivity contribution in [3.05, 3.63) is 41.0 Å². The molecule has 0 radical (unpaired) electrons. The predicted octanol–water partition coefficient (Wildman–Crippen LogP) is 3.29. The Labute approximate surface area is 335 Å². The molecule has 1 aliphatic rings. The van der Waals surface area contributed by atoms with E-state index in [0.29, 0.717) is 65.4 Å². The fourth-order valence-corrected chi connectivity index (χ4v) is 6.46. The first kappa shape index (κ1) is 46.9. The highest BCUT2D eigenvalue weighted by molar-refractivity contribution is 7.13. The fraction of sp³-hybridized carbons (Fsp3) is 0.675. The molecule has 0 aliphatic carbocycles. The van der Waals surface area contributed by atoms with Gasteiger partial charge in [0.05, 0.1) is 101 Å². The first-order valence-electron chi connectivity index (χ1n) is 19.4. The Morgan fingerprint density at radius 2 is 1.43 bits per heavy atom. The second-order valence-electron chi connectivity index (χ2n) is 15.1. The van der Waals surface area contributed by atoms with Gasteiger partial charge in [-0.1, -0.05) is 58.9 Å². The number of aryl methyl sites for hydroxylation is 1. The minimum Gasteiger partial charge on any atom is -0.465 e. The first-order valence-corrected chi connectivity index (χ1v) is 20.2. The van der Waals surface area contributed by atoms with Crippen LogP contribution in [0.5, 0.6) is 0 Å². The van der Waals surface area contributed by atoms with E-state index in [1.54, 1.807) is 11.3 Å². The summed E-state index contributed by atoms with van der Waals surface area (Å²) in [4.78, 5) is 58.4. The molecule has 0 saturated carbocycles. The van der Waals surface area contributed by atoms with E-state index in [1.165, 1.54) is 4.90 Å². The zero-order valence-corrected chi connectivity index (χ0v) is 34.7. The summed E-state index contributed by atoms with van der Waals surface area (Å²) < 4.78 is 32.4. The molecule has 314 valence electrons. The number of nitrogens with one attached hydrogen (secondary N) is 2. The number of esters is 1. The van der Waals surface area contributed by atoms with Gasteiger partial charge in [-0.15, -0.1) is 11.3 Å². The maximum atomic E-state index is 13.8. The van der Waals surface area contributed by atoms with Crippen LogP contribution in [-0.4, -0.2) is 136 Å². The van der Waals surface area contributed by atoms with E-state index in [1.807, 2.05) is 71.3 Å². The van der Waals surface area contributed by atoms with Crippen LogP contribution in [0.15, 0.2) is 29.8 Å². The van der Waals surface area contributed by atoms with Gasteiger partial charge in [0.25, 0.3) is 0 Å². The van der Waals surface area contributed by atoms with E-state index in [-0.39, 0.29) is 63.3 Å². The zero-order chi connectivity index (χ0) is 40.9. The third-order valence-corrected chi connectivity index (χ3v) is 9.68. The Balaban J connectivity index is 1.26. The highest BCUT2D eigenvalue weighted by atomic mass is 32.1. The Morgan fingerprint density at radius 1 is 0.875 bits per heavy atom. The molecule has 1 aromatic carbocycles. The van der Waals surface area contributed by atoms with Crippen LogP contribution in [0.1, 0.15) is 65.1 Å². The smallest absolute Gasteiger partial charge is 0.308 e. The van der Waals surface area contributed by atoms with Crippen molar-refractivity contribution >= 4 is 35.0 Å². The van der Waals surface area contributed by atoms with Crippen molar-refractivity contribution in [3.8, 4) is 10.4 Å². The van der Waals surface area contributed by atoms with E-state index >= 15 is 0 Å². The lowest BCUT2D eigenvalue weighted by atomic mass is 9.85. The van der Waals surface area contributed by atoms with Crippen LogP contribution in [0.25, 0.3) is 10.4 Å². The van der Waals surface area contributed by atoms with Crippen LogP contribution in [0.3, 0.4) is 0 Å². The SMILES string of the molecule is Cc1ncsc1-c1ccc(CNC(=O)[C@@H]2C[C@@H](O)CN2C(=O)[C@@H](NC(=O)CCOCCOCCOCCOCCOCCC(=O)OCC(C)C)C(C)(C)C)cc1. The third-order valence-electron chi connectivity index (χ3n) is 8.70. The summed E-state index contributed by atoms with van der Waals surface area (Å²) in [7, 11) is 0. The van der Waals surface area contributed by atoms with Gasteiger partial charge in [0.1, 0.15) is 12.1 Å². The van der Waals surface area contributed by atoms with Gasteiger partial charge >= 0.3 is 5.97 Å². The molecule has 56 heavy (non-hydrogen) atoms. The van der Waals surface area contributed by atoms with Crippen molar-refractivity contribution in [3.63, 3.8) is 0 Å². The van der Waals surface area contributed by atoms with Crippen LogP contribution in [0, 0.1) is 18.3 Å². The number of amides is 3. The van der Waals surface area contributed by atoms with Crippen LogP contribution < -0.4 is 10.6 Å². The van der Waals surface area contributed by atoms with Gasteiger partial charge in [-0.3, -0.25) is 19.2 Å². The molecule has 1 aliphatic heterocycles. The number of hydrogen-bond donors (Lipinski definition) is 3. The Morgan fingerprint density at radius 3 is 1.95 bits per heavy atom. The largest absolute Gasteiger partial charge is 0.465 e. The molecular formula is C40H62N4O11S. The summed E-state index contributed by atoms with van der Waals surface area (Å²) in [5.74, 6) is -1.10. The highest BCUT2D eigenvalue weighted by Crippen LogP contribution is 2.28. The molecule has 3 rings (SSSR count). The van der Waals surface area contributed by atoms with E-state index in [0.717, 1.165) is 21.7 Å². The number of carbonyl (C=O) groups is 4. The van der Waals surface area contributed by atoms with E-state index in [4.69, 9.17) is 28.4 Å². The summed E-state index contributed by atoms with van der Waals surface area (Å²) in [6, 6.07) is 6.08. The van der Waals surface area contributed by atoms with Crippen molar-refractivity contribution < 1.29 is 52.7 Å². The Bertz CT molecular complexity index is 1480. The molecular weight excluding hydrogens is 745 g/mol. The molecule has 1 aromatic heterocycles. The van der Waals surface area contributed by atoms with E-state index < -0.39 is 29.5 Å². The Hall–Kier alpha value is -3.51. The van der Waals surface area contributed by atoms with Crippen molar-refractivity contribution in [2.45, 2.75) is 85.5 Å². The van der Waals surface area contributed by atoms with Gasteiger partial charge in [-0.25, -0.2) is 4.98 Å². The number of hydrogen-bond acceptors (Lipinski definition) is 13. The monoisotopic (exact) mass is 806 g/mol. The predicted molar refractivity (Wildman–Crippen MR) is 211 cm³/mol. The lowest BCUT2D eigenvalue weighted by Crippen LogP contribution is -2.57. The van der Waals surface area contributed by atoms with Crippen LogP contribution in [0.4, 0.5) is 0 Å². The molecule has 15 nitrogen and oxygen atoms in total. The molecule has 0 spiro atoms. The van der Waals surface area contributed by atoms with Gasteiger partial charge in [0.15, 0.2) is 0 Å². The van der Waals surface area contributed by atoms with Gasteiger partial charge in [0.2, 0.25) is 17.7 Å². The number of nitrogens with zero attached hydrogens (tertiary/aromatic N) is 2. The minimum absolute atomic E-state index is 0.000181. The number of β-amino-alcohol motifs (C(OH)–C–C–N with tert-alkyl or cyclic N) is 1. The van der Waals surface area contributed by atoms with Gasteiger partial charge < -0.3 is 49.1 Å². The summed E-state index contributed by atoms with van der Waals surface area (Å²) in [6.45, 7) is 15.5. The van der Waals surface area contributed by atoms with Crippen molar-refractivity contribution in [1.29, 1.82) is 0 Å². The number of likely N-dealkylation sites (tertiary alicyclic amines) is 1. The fourth-order valence-electron chi connectivity index (χ4n) is 5.65.